The van der Waals surface area contributed by atoms with Crippen LogP contribution in [0.5, 0.6) is 0 Å². The minimum absolute atomic E-state index is 0. The summed E-state index contributed by atoms with van der Waals surface area (Å²) in [7, 11) is 0. The van der Waals surface area contributed by atoms with Crippen LogP contribution in [0.4, 0.5) is 0 Å². The van der Waals surface area contributed by atoms with E-state index in [0.29, 0.717) is 0 Å². The van der Waals surface area contributed by atoms with Gasteiger partial charge in [0, 0.05) is 0 Å². The molecule has 0 atom stereocenters. The minimum atomic E-state index is -2.55. The predicted molar refractivity (Wildman–Crippen MR) is 77.0 cm³/mol. The van der Waals surface area contributed by atoms with Gasteiger partial charge in [0.25, 0.3) is 0 Å². The second-order valence-corrected chi connectivity index (χ2v) is 12.7. The molecular weight excluding hydrogens is 318 g/mol. The summed E-state index contributed by atoms with van der Waals surface area (Å²) in [5.41, 5.74) is 1.39. The van der Waals surface area contributed by atoms with E-state index < -0.39 is 19.3 Å². The van der Waals surface area contributed by atoms with Crippen molar-refractivity contribution < 1.29 is 19.3 Å². The summed E-state index contributed by atoms with van der Waals surface area (Å²) in [6.07, 6.45) is 13.4. The van der Waals surface area contributed by atoms with Crippen LogP contribution in [0.3, 0.4) is 0 Å². The first-order valence-corrected chi connectivity index (χ1v) is 11.0. The van der Waals surface area contributed by atoms with Gasteiger partial charge in [-0.25, -0.2) is 0 Å². The molecule has 0 N–H and O–H groups in total. The molecule has 0 saturated carbocycles. The van der Waals surface area contributed by atoms with Crippen molar-refractivity contribution in [2.75, 3.05) is 0 Å². The average molecular weight is 336 g/mol. The predicted octanol–water partition coefficient (Wildman–Crippen LogP) is 3.93. The van der Waals surface area contributed by atoms with Crippen molar-refractivity contribution >= 4 is 33.2 Å². The summed E-state index contributed by atoms with van der Waals surface area (Å²) >= 11 is -2.55. The van der Waals surface area contributed by atoms with Crippen LogP contribution in [0, 0.1) is 0 Å². The molecule has 0 radical (unpaired) electrons. The zero-order valence-corrected chi connectivity index (χ0v) is 13.6. The number of hydrogen-bond acceptors (Lipinski definition) is 0. The Hall–Kier alpha value is 0.163. The van der Waals surface area contributed by atoms with Crippen molar-refractivity contribution in [3.63, 3.8) is 0 Å². The van der Waals surface area contributed by atoms with Crippen LogP contribution in [-0.4, -0.2) is 8.42 Å². The SMILES string of the molecule is Cl.Cl.[CH2]=[Zr](=[CH2])([C]1=CC=CC1)[C]1=CC(C)=CC1. The summed E-state index contributed by atoms with van der Waals surface area (Å²) in [4.78, 5) is 0. The standard InChI is InChI=1S/C6H7.C5H5.2CH2.2ClH.Zr/c1-6-4-2-3-5-6;1-2-4-5-3-1;;;;;/h4-5H,2H2,1H3;1-3H,4H2;2*1H2;2*1H;. The zero-order chi connectivity index (χ0) is 10.2. The molecule has 2 aliphatic carbocycles. The quantitative estimate of drug-likeness (QED) is 0.717. The molecule has 2 aliphatic rings. The van der Waals surface area contributed by atoms with E-state index in [4.69, 9.17) is 0 Å². The number of hydrogen-bond donors (Lipinski definition) is 0. The van der Waals surface area contributed by atoms with E-state index in [1.807, 2.05) is 0 Å². The molecule has 2 rings (SSSR count). The average Bonchev–Trinajstić information content (AvgIpc) is 2.72. The van der Waals surface area contributed by atoms with E-state index in [2.05, 4.69) is 45.7 Å². The Bertz CT molecular complexity index is 474. The van der Waals surface area contributed by atoms with Crippen LogP contribution in [0.25, 0.3) is 0 Å². The first kappa shape index (κ1) is 16.2. The third-order valence-corrected chi connectivity index (χ3v) is 10.9. The van der Waals surface area contributed by atoms with E-state index in [1.165, 1.54) is 8.85 Å². The summed E-state index contributed by atoms with van der Waals surface area (Å²) in [6.45, 7) is 2.16. The number of halogens is 2. The monoisotopic (exact) mass is 334 g/mol. The van der Waals surface area contributed by atoms with Gasteiger partial charge in [-0.1, -0.05) is 0 Å². The summed E-state index contributed by atoms with van der Waals surface area (Å²) in [5.74, 6) is 0. The van der Waals surface area contributed by atoms with Crippen LogP contribution in [-0.2, 0) is 19.3 Å². The second-order valence-electron chi connectivity index (χ2n) is 4.23. The van der Waals surface area contributed by atoms with Crippen LogP contribution < -0.4 is 0 Å². The molecule has 0 saturated heterocycles. The van der Waals surface area contributed by atoms with Crippen LogP contribution in [0.1, 0.15) is 19.8 Å². The Morgan fingerprint density at radius 1 is 1.12 bits per heavy atom. The Morgan fingerprint density at radius 3 is 2.25 bits per heavy atom. The third kappa shape index (κ3) is 3.09. The molecule has 0 spiro atoms. The van der Waals surface area contributed by atoms with Gasteiger partial charge in [-0.3, -0.25) is 0 Å². The molecule has 0 aliphatic heterocycles. The summed E-state index contributed by atoms with van der Waals surface area (Å²) < 4.78 is 12.0. The second kappa shape index (κ2) is 6.19. The van der Waals surface area contributed by atoms with Crippen LogP contribution in [0.15, 0.2) is 42.5 Å². The maximum absolute atomic E-state index is 4.46. The molecule has 0 unspecified atom stereocenters. The Kier molecular flexibility index (Phi) is 6.26. The van der Waals surface area contributed by atoms with E-state index in [9.17, 15) is 0 Å². The van der Waals surface area contributed by atoms with E-state index in [-0.39, 0.29) is 24.8 Å². The number of allylic oxidation sites excluding steroid dienone is 8. The fourth-order valence-electron chi connectivity index (χ4n) is 2.01. The van der Waals surface area contributed by atoms with Gasteiger partial charge in [-0.2, -0.15) is 0 Å². The normalized spacial score (nSPS) is 17.2. The molecule has 88 valence electrons. The Morgan fingerprint density at radius 2 is 1.81 bits per heavy atom. The van der Waals surface area contributed by atoms with E-state index >= 15 is 0 Å². The number of rotatable bonds is 2. The molecule has 0 bridgehead atoms. The van der Waals surface area contributed by atoms with Gasteiger partial charge >= 0.3 is 90.0 Å². The van der Waals surface area contributed by atoms with Crippen molar-refractivity contribution in [2.45, 2.75) is 19.8 Å². The molecule has 0 amide bonds. The van der Waals surface area contributed by atoms with Crippen molar-refractivity contribution in [1.29, 1.82) is 0 Å². The first-order chi connectivity index (χ1) is 6.60. The summed E-state index contributed by atoms with van der Waals surface area (Å²) in [6, 6.07) is 0. The van der Waals surface area contributed by atoms with Gasteiger partial charge in [-0.05, 0) is 0 Å². The molecule has 0 heterocycles. The van der Waals surface area contributed by atoms with Gasteiger partial charge in [-0.15, -0.1) is 24.8 Å². The van der Waals surface area contributed by atoms with Gasteiger partial charge in [0.05, 0.1) is 0 Å². The Balaban J connectivity index is 0.00000112. The third-order valence-electron chi connectivity index (χ3n) is 3.05. The van der Waals surface area contributed by atoms with Gasteiger partial charge in [0.2, 0.25) is 0 Å². The molecule has 3 heteroatoms. The summed E-state index contributed by atoms with van der Waals surface area (Å²) in [5, 5.41) is 0. The van der Waals surface area contributed by atoms with Crippen molar-refractivity contribution in [2.24, 2.45) is 0 Å². The molecule has 0 aromatic heterocycles. The molecule has 16 heavy (non-hydrogen) atoms. The molecule has 0 fully saturated rings. The molecule has 0 aromatic carbocycles. The van der Waals surface area contributed by atoms with Crippen LogP contribution in [0.2, 0.25) is 0 Å². The van der Waals surface area contributed by atoms with Crippen molar-refractivity contribution in [3.8, 4) is 0 Å². The fraction of sp³-hybridized carbons (Fsp3) is 0.231. The zero-order valence-electron chi connectivity index (χ0n) is 9.53. The van der Waals surface area contributed by atoms with Gasteiger partial charge in [0.15, 0.2) is 0 Å². The topological polar surface area (TPSA) is 0 Å². The fourth-order valence-corrected chi connectivity index (χ4v) is 7.74. The Labute approximate surface area is 114 Å². The van der Waals surface area contributed by atoms with Crippen molar-refractivity contribution in [1.82, 2.24) is 0 Å². The van der Waals surface area contributed by atoms with Crippen LogP contribution >= 0.6 is 24.8 Å². The van der Waals surface area contributed by atoms with E-state index in [0.717, 1.165) is 12.8 Å². The first-order valence-electron chi connectivity index (χ1n) is 5.05. The van der Waals surface area contributed by atoms with E-state index in [1.54, 1.807) is 3.28 Å². The maximum atomic E-state index is 4.46. The van der Waals surface area contributed by atoms with Crippen molar-refractivity contribution in [3.05, 3.63) is 42.5 Å². The van der Waals surface area contributed by atoms with Gasteiger partial charge in [0.1, 0.15) is 0 Å². The molecular formula is C13H18Cl2Zr. The molecule has 0 nitrogen and oxygen atoms in total. The van der Waals surface area contributed by atoms with Gasteiger partial charge < -0.3 is 0 Å². The molecule has 0 aromatic rings.